The normalized spacial score (nSPS) is 19.6. The first-order valence-corrected chi connectivity index (χ1v) is 6.98. The molecule has 0 fully saturated rings. The number of nitrogens with one attached hydrogen (secondary N) is 1. The minimum absolute atomic E-state index is 0.249. The summed E-state index contributed by atoms with van der Waals surface area (Å²) in [6.45, 7) is 2.68. The zero-order chi connectivity index (χ0) is 13.7. The molecule has 1 rings (SSSR count). The van der Waals surface area contributed by atoms with E-state index < -0.39 is 0 Å². The minimum Gasteiger partial charge on any atom is -0.369 e. The molecule has 0 spiro atoms. The SMILES string of the molecule is CC1=C(NC(=S)N(C)CCCl)C(C(N)=O)CCC1. The number of carbonyl (C=O) groups excluding carboxylic acids is 1. The molecular weight excluding hydrogens is 270 g/mol. The highest BCUT2D eigenvalue weighted by molar-refractivity contribution is 7.80. The summed E-state index contributed by atoms with van der Waals surface area (Å²) < 4.78 is 0. The van der Waals surface area contributed by atoms with E-state index in [9.17, 15) is 4.79 Å². The summed E-state index contributed by atoms with van der Waals surface area (Å²) in [5.74, 6) is -0.0317. The van der Waals surface area contributed by atoms with Gasteiger partial charge in [-0.2, -0.15) is 0 Å². The number of hydrogen-bond donors (Lipinski definition) is 2. The average molecular weight is 290 g/mol. The number of halogens is 1. The van der Waals surface area contributed by atoms with E-state index in [0.717, 1.165) is 30.5 Å². The lowest BCUT2D eigenvalue weighted by molar-refractivity contribution is -0.121. The fourth-order valence-electron chi connectivity index (χ4n) is 2.07. The van der Waals surface area contributed by atoms with Gasteiger partial charge in [-0.15, -0.1) is 11.6 Å². The molecule has 6 heteroatoms. The van der Waals surface area contributed by atoms with Gasteiger partial charge in [0, 0.05) is 25.2 Å². The molecule has 0 aromatic heterocycles. The molecule has 0 saturated carbocycles. The first-order valence-electron chi connectivity index (χ1n) is 6.04. The predicted octanol–water partition coefficient (Wildman–Crippen LogP) is 1.59. The Morgan fingerprint density at radius 1 is 1.67 bits per heavy atom. The summed E-state index contributed by atoms with van der Waals surface area (Å²) in [6, 6.07) is 0. The predicted molar refractivity (Wildman–Crippen MR) is 78.3 cm³/mol. The monoisotopic (exact) mass is 289 g/mol. The molecule has 0 saturated heterocycles. The molecule has 1 amide bonds. The van der Waals surface area contributed by atoms with Crippen molar-refractivity contribution in [3.8, 4) is 0 Å². The molecule has 1 atom stereocenters. The Balaban J connectivity index is 2.78. The molecular formula is C12H20ClN3OS. The molecule has 4 nitrogen and oxygen atoms in total. The van der Waals surface area contributed by atoms with Crippen LogP contribution < -0.4 is 11.1 Å². The van der Waals surface area contributed by atoms with Crippen LogP contribution in [0.5, 0.6) is 0 Å². The lowest BCUT2D eigenvalue weighted by atomic mass is 9.87. The van der Waals surface area contributed by atoms with E-state index in [0.29, 0.717) is 17.5 Å². The summed E-state index contributed by atoms with van der Waals surface area (Å²) in [6.07, 6.45) is 2.76. The Hall–Kier alpha value is -0.810. The molecule has 0 radical (unpaired) electrons. The maximum Gasteiger partial charge on any atom is 0.226 e. The van der Waals surface area contributed by atoms with Crippen LogP contribution in [0, 0.1) is 5.92 Å². The van der Waals surface area contributed by atoms with Crippen LogP contribution in [0.3, 0.4) is 0 Å². The van der Waals surface area contributed by atoms with Crippen molar-refractivity contribution in [1.29, 1.82) is 0 Å². The Morgan fingerprint density at radius 3 is 2.89 bits per heavy atom. The number of hydrogen-bond acceptors (Lipinski definition) is 2. The molecule has 18 heavy (non-hydrogen) atoms. The Bertz CT molecular complexity index is 370. The van der Waals surface area contributed by atoms with Crippen LogP contribution in [-0.4, -0.2) is 35.4 Å². The van der Waals surface area contributed by atoms with Crippen LogP contribution in [0.25, 0.3) is 0 Å². The van der Waals surface area contributed by atoms with Gasteiger partial charge in [0.1, 0.15) is 0 Å². The van der Waals surface area contributed by atoms with Crippen LogP contribution >= 0.6 is 23.8 Å². The van der Waals surface area contributed by atoms with E-state index in [1.54, 1.807) is 0 Å². The minimum atomic E-state index is -0.292. The summed E-state index contributed by atoms with van der Waals surface area (Å²) in [5, 5.41) is 3.74. The van der Waals surface area contributed by atoms with Crippen molar-refractivity contribution in [2.75, 3.05) is 19.5 Å². The van der Waals surface area contributed by atoms with Gasteiger partial charge in [0.05, 0.1) is 5.92 Å². The van der Waals surface area contributed by atoms with Crippen molar-refractivity contribution in [3.05, 3.63) is 11.3 Å². The van der Waals surface area contributed by atoms with E-state index in [1.807, 2.05) is 18.9 Å². The number of primary amides is 1. The van der Waals surface area contributed by atoms with E-state index >= 15 is 0 Å². The van der Waals surface area contributed by atoms with Crippen molar-refractivity contribution < 1.29 is 4.79 Å². The highest BCUT2D eigenvalue weighted by Crippen LogP contribution is 2.28. The van der Waals surface area contributed by atoms with Crippen molar-refractivity contribution in [2.24, 2.45) is 11.7 Å². The lowest BCUT2D eigenvalue weighted by Gasteiger charge is -2.29. The molecule has 0 bridgehead atoms. The van der Waals surface area contributed by atoms with Gasteiger partial charge < -0.3 is 16.0 Å². The van der Waals surface area contributed by atoms with Gasteiger partial charge in [0.15, 0.2) is 5.11 Å². The number of amides is 1. The number of nitrogens with two attached hydrogens (primary N) is 1. The third kappa shape index (κ3) is 3.85. The zero-order valence-electron chi connectivity index (χ0n) is 10.8. The van der Waals surface area contributed by atoms with Crippen LogP contribution in [-0.2, 0) is 4.79 Å². The van der Waals surface area contributed by atoms with Gasteiger partial charge in [-0.1, -0.05) is 5.57 Å². The van der Waals surface area contributed by atoms with Gasteiger partial charge in [0.2, 0.25) is 5.91 Å². The Morgan fingerprint density at radius 2 is 2.33 bits per heavy atom. The van der Waals surface area contributed by atoms with Gasteiger partial charge in [-0.25, -0.2) is 0 Å². The number of nitrogens with zero attached hydrogens (tertiary/aromatic N) is 1. The van der Waals surface area contributed by atoms with Crippen molar-refractivity contribution in [3.63, 3.8) is 0 Å². The molecule has 1 aliphatic carbocycles. The first-order chi connectivity index (χ1) is 8.47. The summed E-state index contributed by atoms with van der Waals surface area (Å²) in [5.41, 5.74) is 7.47. The van der Waals surface area contributed by atoms with Gasteiger partial charge in [-0.05, 0) is 38.4 Å². The number of allylic oxidation sites excluding steroid dienone is 1. The third-order valence-corrected chi connectivity index (χ3v) is 3.79. The number of alkyl halides is 1. The topological polar surface area (TPSA) is 58.4 Å². The smallest absolute Gasteiger partial charge is 0.226 e. The van der Waals surface area contributed by atoms with Gasteiger partial charge in [-0.3, -0.25) is 4.79 Å². The van der Waals surface area contributed by atoms with E-state index in [1.165, 1.54) is 0 Å². The highest BCUT2D eigenvalue weighted by Gasteiger charge is 2.26. The zero-order valence-corrected chi connectivity index (χ0v) is 12.4. The van der Waals surface area contributed by atoms with Crippen LogP contribution in [0.4, 0.5) is 0 Å². The third-order valence-electron chi connectivity index (χ3n) is 3.20. The van der Waals surface area contributed by atoms with E-state index in [-0.39, 0.29) is 11.8 Å². The number of thiocarbonyl (C=S) groups is 1. The largest absolute Gasteiger partial charge is 0.369 e. The lowest BCUT2D eigenvalue weighted by Crippen LogP contribution is -2.42. The van der Waals surface area contributed by atoms with Gasteiger partial charge >= 0.3 is 0 Å². The summed E-state index contributed by atoms with van der Waals surface area (Å²) in [7, 11) is 1.87. The Kier molecular flexibility index (Phi) is 5.88. The van der Waals surface area contributed by atoms with Crippen LogP contribution in [0.2, 0.25) is 0 Å². The summed E-state index contributed by atoms with van der Waals surface area (Å²) in [4.78, 5) is 13.3. The molecule has 3 N–H and O–H groups in total. The fourth-order valence-corrected chi connectivity index (χ4v) is 2.52. The Labute approximate surface area is 119 Å². The summed E-state index contributed by atoms with van der Waals surface area (Å²) >= 11 is 11.0. The molecule has 102 valence electrons. The molecule has 1 aliphatic rings. The maximum absolute atomic E-state index is 11.5. The van der Waals surface area contributed by atoms with Crippen molar-refractivity contribution in [2.45, 2.75) is 26.2 Å². The van der Waals surface area contributed by atoms with Crippen molar-refractivity contribution >= 4 is 34.8 Å². The molecule has 0 heterocycles. The van der Waals surface area contributed by atoms with Gasteiger partial charge in [0.25, 0.3) is 0 Å². The molecule has 0 aromatic carbocycles. The average Bonchev–Trinajstić information content (AvgIpc) is 2.31. The first kappa shape index (κ1) is 15.2. The molecule has 1 unspecified atom stereocenters. The second kappa shape index (κ2) is 6.95. The standard InChI is InChI=1S/C12H20ClN3OS/c1-8-4-3-5-9(11(14)17)10(8)15-12(18)16(2)7-6-13/h9H,3-7H2,1-2H3,(H2,14,17)(H,15,18). The quantitative estimate of drug-likeness (QED) is 0.610. The van der Waals surface area contributed by atoms with E-state index in [2.05, 4.69) is 5.32 Å². The van der Waals surface area contributed by atoms with E-state index in [4.69, 9.17) is 29.6 Å². The second-order valence-electron chi connectivity index (χ2n) is 4.58. The molecule has 0 aromatic rings. The number of carbonyl (C=O) groups is 1. The highest BCUT2D eigenvalue weighted by atomic mass is 35.5. The number of rotatable bonds is 4. The maximum atomic E-state index is 11.5. The van der Waals surface area contributed by atoms with Crippen molar-refractivity contribution in [1.82, 2.24) is 10.2 Å². The van der Waals surface area contributed by atoms with Crippen LogP contribution in [0.15, 0.2) is 11.3 Å². The molecule has 0 aliphatic heterocycles. The van der Waals surface area contributed by atoms with Crippen LogP contribution in [0.1, 0.15) is 26.2 Å². The second-order valence-corrected chi connectivity index (χ2v) is 5.35. The fraction of sp³-hybridized carbons (Fsp3) is 0.667.